The molecule has 2 rings (SSSR count). The molecule has 0 spiro atoms. The third kappa shape index (κ3) is 3.67. The van der Waals surface area contributed by atoms with Crippen LogP contribution in [0.15, 0.2) is 23.1 Å². The number of carbonyl (C=O) groups excluding carboxylic acids is 1. The fourth-order valence-electron chi connectivity index (χ4n) is 2.92. The van der Waals surface area contributed by atoms with Crippen molar-refractivity contribution in [2.45, 2.75) is 44.0 Å². The Morgan fingerprint density at radius 1 is 1.39 bits per heavy atom. The topological polar surface area (TPSA) is 75.7 Å². The maximum atomic E-state index is 13.0. The lowest BCUT2D eigenvalue weighted by Gasteiger charge is -2.33. The van der Waals surface area contributed by atoms with E-state index in [-0.39, 0.29) is 10.8 Å². The Hall–Kier alpha value is -1.60. The Morgan fingerprint density at radius 2 is 2.13 bits per heavy atom. The summed E-state index contributed by atoms with van der Waals surface area (Å²) >= 11 is 0. The molecule has 0 aliphatic carbocycles. The van der Waals surface area contributed by atoms with Crippen LogP contribution in [-0.2, 0) is 14.8 Å². The van der Waals surface area contributed by atoms with Gasteiger partial charge in [0.2, 0.25) is 15.9 Å². The molecule has 7 heteroatoms. The molecule has 0 bridgehead atoms. The SMILES string of the molecule is CCOc1ccc(S(=O)(=O)N2CCCC[C@@H]2C(=O)NC)c(C)c1. The summed E-state index contributed by atoms with van der Waals surface area (Å²) in [6.07, 6.45) is 2.17. The standard InChI is InChI=1S/C16H24N2O4S/c1-4-22-13-8-9-15(12(2)11-13)23(20,21)18-10-6-5-7-14(18)16(19)17-3/h8-9,11,14H,4-7,10H2,1-3H3,(H,17,19)/t14-/m1/s1. The fourth-order valence-corrected chi connectivity index (χ4v) is 4.78. The molecular formula is C16H24N2O4S. The van der Waals surface area contributed by atoms with Gasteiger partial charge in [0, 0.05) is 13.6 Å². The van der Waals surface area contributed by atoms with Crippen LogP contribution in [0.5, 0.6) is 5.75 Å². The minimum Gasteiger partial charge on any atom is -0.494 e. The van der Waals surface area contributed by atoms with Crippen molar-refractivity contribution in [3.8, 4) is 5.75 Å². The van der Waals surface area contributed by atoms with Gasteiger partial charge in [0.1, 0.15) is 11.8 Å². The Labute approximate surface area is 137 Å². The number of aryl methyl sites for hydroxylation is 1. The van der Waals surface area contributed by atoms with Crippen molar-refractivity contribution >= 4 is 15.9 Å². The zero-order chi connectivity index (χ0) is 17.0. The second-order valence-corrected chi connectivity index (χ2v) is 7.46. The molecule has 128 valence electrons. The summed E-state index contributed by atoms with van der Waals surface area (Å²) < 4.78 is 32.8. The first-order valence-corrected chi connectivity index (χ1v) is 9.32. The molecular weight excluding hydrogens is 316 g/mol. The maximum Gasteiger partial charge on any atom is 0.244 e. The van der Waals surface area contributed by atoms with E-state index in [1.807, 2.05) is 6.92 Å². The molecule has 1 N–H and O–H groups in total. The molecule has 1 saturated heterocycles. The van der Waals surface area contributed by atoms with E-state index in [1.54, 1.807) is 25.1 Å². The van der Waals surface area contributed by atoms with Crippen LogP contribution in [0, 0.1) is 6.92 Å². The number of hydrogen-bond donors (Lipinski definition) is 1. The summed E-state index contributed by atoms with van der Waals surface area (Å²) in [6.45, 7) is 4.51. The molecule has 0 unspecified atom stereocenters. The first-order valence-electron chi connectivity index (χ1n) is 7.88. The van der Waals surface area contributed by atoms with E-state index in [4.69, 9.17) is 4.74 Å². The summed E-state index contributed by atoms with van der Waals surface area (Å²) in [5.74, 6) is 0.391. The van der Waals surface area contributed by atoms with Crippen LogP contribution in [0.25, 0.3) is 0 Å². The van der Waals surface area contributed by atoms with Crippen molar-refractivity contribution in [3.63, 3.8) is 0 Å². The van der Waals surface area contributed by atoms with Crippen LogP contribution in [0.3, 0.4) is 0 Å². The molecule has 1 aromatic rings. The molecule has 0 saturated carbocycles. The average molecular weight is 340 g/mol. The van der Waals surface area contributed by atoms with Gasteiger partial charge in [-0.3, -0.25) is 4.79 Å². The van der Waals surface area contributed by atoms with E-state index >= 15 is 0 Å². The van der Waals surface area contributed by atoms with Crippen molar-refractivity contribution in [2.24, 2.45) is 0 Å². The van der Waals surface area contributed by atoms with Crippen LogP contribution in [0.4, 0.5) is 0 Å². The second kappa shape index (κ2) is 7.31. The smallest absolute Gasteiger partial charge is 0.244 e. The molecule has 1 aliphatic rings. The molecule has 1 aliphatic heterocycles. The van der Waals surface area contributed by atoms with Gasteiger partial charge in [0.05, 0.1) is 11.5 Å². The number of nitrogens with zero attached hydrogens (tertiary/aromatic N) is 1. The van der Waals surface area contributed by atoms with Crippen molar-refractivity contribution < 1.29 is 17.9 Å². The van der Waals surface area contributed by atoms with Crippen molar-refractivity contribution in [3.05, 3.63) is 23.8 Å². The lowest BCUT2D eigenvalue weighted by atomic mass is 10.0. The number of sulfonamides is 1. The average Bonchev–Trinajstić information content (AvgIpc) is 2.54. The minimum atomic E-state index is -3.71. The lowest BCUT2D eigenvalue weighted by molar-refractivity contribution is -0.125. The third-order valence-electron chi connectivity index (χ3n) is 4.05. The van der Waals surface area contributed by atoms with Gasteiger partial charge in [-0.2, -0.15) is 4.31 Å². The highest BCUT2D eigenvalue weighted by atomic mass is 32.2. The summed E-state index contributed by atoms with van der Waals surface area (Å²) in [6, 6.07) is 4.30. The fraction of sp³-hybridized carbons (Fsp3) is 0.562. The van der Waals surface area contributed by atoms with Crippen molar-refractivity contribution in [1.82, 2.24) is 9.62 Å². The number of carbonyl (C=O) groups is 1. The van der Waals surface area contributed by atoms with Gasteiger partial charge in [-0.25, -0.2) is 8.42 Å². The molecule has 0 radical (unpaired) electrons. The zero-order valence-corrected chi connectivity index (χ0v) is 14.6. The first-order chi connectivity index (χ1) is 10.9. The lowest BCUT2D eigenvalue weighted by Crippen LogP contribution is -2.51. The van der Waals surface area contributed by atoms with E-state index in [9.17, 15) is 13.2 Å². The zero-order valence-electron chi connectivity index (χ0n) is 13.8. The minimum absolute atomic E-state index is 0.233. The highest BCUT2D eigenvalue weighted by Gasteiger charge is 2.37. The van der Waals surface area contributed by atoms with E-state index in [0.717, 1.165) is 12.8 Å². The molecule has 1 amide bonds. The number of amides is 1. The van der Waals surface area contributed by atoms with Crippen LogP contribution in [0.1, 0.15) is 31.7 Å². The highest BCUT2D eigenvalue weighted by molar-refractivity contribution is 7.89. The Balaban J connectivity index is 2.38. The summed E-state index contributed by atoms with van der Waals surface area (Å²) in [7, 11) is -2.18. The number of likely N-dealkylation sites (N-methyl/N-ethyl adjacent to an activating group) is 1. The molecule has 23 heavy (non-hydrogen) atoms. The number of nitrogens with one attached hydrogen (secondary N) is 1. The van der Waals surface area contributed by atoms with Gasteiger partial charge in [0.25, 0.3) is 0 Å². The normalized spacial score (nSPS) is 19.3. The number of hydrogen-bond acceptors (Lipinski definition) is 4. The van der Waals surface area contributed by atoms with Crippen LogP contribution in [0.2, 0.25) is 0 Å². The van der Waals surface area contributed by atoms with Gasteiger partial charge < -0.3 is 10.1 Å². The van der Waals surface area contributed by atoms with Gasteiger partial charge in [0.15, 0.2) is 0 Å². The second-order valence-electron chi connectivity index (χ2n) is 5.60. The van der Waals surface area contributed by atoms with E-state index in [1.165, 1.54) is 11.4 Å². The van der Waals surface area contributed by atoms with Crippen LogP contribution in [-0.4, -0.2) is 44.9 Å². The summed E-state index contributed by atoms with van der Waals surface area (Å²) in [5.41, 5.74) is 0.622. The van der Waals surface area contributed by atoms with E-state index in [2.05, 4.69) is 5.32 Å². The highest BCUT2D eigenvalue weighted by Crippen LogP contribution is 2.29. The van der Waals surface area contributed by atoms with Gasteiger partial charge in [-0.1, -0.05) is 6.42 Å². The number of benzene rings is 1. The van der Waals surface area contributed by atoms with E-state index < -0.39 is 16.1 Å². The van der Waals surface area contributed by atoms with Gasteiger partial charge >= 0.3 is 0 Å². The Bertz CT molecular complexity index is 673. The largest absolute Gasteiger partial charge is 0.494 e. The summed E-state index contributed by atoms with van der Waals surface area (Å²) in [4.78, 5) is 12.3. The predicted molar refractivity (Wildman–Crippen MR) is 87.9 cm³/mol. The Morgan fingerprint density at radius 3 is 2.74 bits per heavy atom. The van der Waals surface area contributed by atoms with Gasteiger partial charge in [-0.15, -0.1) is 0 Å². The molecule has 1 atom stereocenters. The van der Waals surface area contributed by atoms with Crippen molar-refractivity contribution in [2.75, 3.05) is 20.2 Å². The monoisotopic (exact) mass is 340 g/mol. The summed E-state index contributed by atoms with van der Waals surface area (Å²) in [5, 5.41) is 2.56. The molecule has 1 heterocycles. The third-order valence-corrected chi connectivity index (χ3v) is 6.12. The van der Waals surface area contributed by atoms with Gasteiger partial charge in [-0.05, 0) is 50.5 Å². The van der Waals surface area contributed by atoms with Crippen LogP contribution < -0.4 is 10.1 Å². The molecule has 1 fully saturated rings. The molecule has 6 nitrogen and oxygen atoms in total. The first kappa shape index (κ1) is 17.7. The molecule has 0 aromatic heterocycles. The van der Waals surface area contributed by atoms with Crippen LogP contribution >= 0.6 is 0 Å². The maximum absolute atomic E-state index is 13.0. The molecule has 1 aromatic carbocycles. The van der Waals surface area contributed by atoms with E-state index in [0.29, 0.717) is 30.9 Å². The number of piperidine rings is 1. The predicted octanol–water partition coefficient (Wildman–Crippen LogP) is 1.68. The van der Waals surface area contributed by atoms with Crippen molar-refractivity contribution in [1.29, 1.82) is 0 Å². The Kier molecular flexibility index (Phi) is 5.64. The number of rotatable bonds is 5. The quantitative estimate of drug-likeness (QED) is 0.885. The number of ether oxygens (including phenoxy) is 1.